The van der Waals surface area contributed by atoms with Crippen LogP contribution < -0.4 is 10.5 Å². The largest absolute Gasteiger partial charge is 0.488 e. The summed E-state index contributed by atoms with van der Waals surface area (Å²) in [4.78, 5) is 0. The fourth-order valence-corrected chi connectivity index (χ4v) is 2.14. The lowest BCUT2D eigenvalue weighted by Gasteiger charge is -2.41. The molecule has 1 saturated carbocycles. The van der Waals surface area contributed by atoms with Crippen LogP contribution in [0.25, 0.3) is 0 Å². The predicted molar refractivity (Wildman–Crippen MR) is 68.6 cm³/mol. The first-order chi connectivity index (χ1) is 8.11. The highest BCUT2D eigenvalue weighted by Gasteiger charge is 2.41. The molecule has 1 fully saturated rings. The number of benzene rings is 1. The zero-order chi connectivity index (χ0) is 12.4. The Hall–Kier alpha value is -0.770. The summed E-state index contributed by atoms with van der Waals surface area (Å²) in [5.41, 5.74) is 6.90. The minimum Gasteiger partial charge on any atom is -0.488 e. The lowest BCUT2D eigenvalue weighted by molar-refractivity contribution is -0.0945. The Balaban J connectivity index is 1.99. The van der Waals surface area contributed by atoms with E-state index < -0.39 is 0 Å². The minimum atomic E-state index is 0.0102. The van der Waals surface area contributed by atoms with Crippen molar-refractivity contribution >= 4 is 11.6 Å². The normalized spacial score (nSPS) is 27.6. The average molecular weight is 256 g/mol. The first-order valence-electron chi connectivity index (χ1n) is 5.91. The highest BCUT2D eigenvalue weighted by atomic mass is 35.5. The van der Waals surface area contributed by atoms with Crippen LogP contribution in [0.3, 0.4) is 0 Å². The van der Waals surface area contributed by atoms with Crippen molar-refractivity contribution in [2.75, 3.05) is 6.61 Å². The molecule has 17 heavy (non-hydrogen) atoms. The van der Waals surface area contributed by atoms with Crippen LogP contribution >= 0.6 is 11.6 Å². The molecular weight excluding hydrogens is 238 g/mol. The highest BCUT2D eigenvalue weighted by Crippen LogP contribution is 2.29. The van der Waals surface area contributed by atoms with Crippen LogP contribution in [-0.2, 0) is 4.74 Å². The Morgan fingerprint density at radius 3 is 2.82 bits per heavy atom. The van der Waals surface area contributed by atoms with E-state index in [0.29, 0.717) is 6.61 Å². The quantitative estimate of drug-likeness (QED) is 0.899. The molecule has 3 unspecified atom stereocenters. The maximum absolute atomic E-state index is 5.97. The summed E-state index contributed by atoms with van der Waals surface area (Å²) in [6.45, 7) is 4.59. The van der Waals surface area contributed by atoms with E-state index in [9.17, 15) is 0 Å². The average Bonchev–Trinajstić information content (AvgIpc) is 2.30. The highest BCUT2D eigenvalue weighted by molar-refractivity contribution is 6.31. The molecule has 0 aliphatic heterocycles. The predicted octanol–water partition coefficient (Wildman–Crippen LogP) is 2.53. The molecule has 1 aromatic carbocycles. The third-order valence-electron chi connectivity index (χ3n) is 3.07. The van der Waals surface area contributed by atoms with Gasteiger partial charge in [-0.15, -0.1) is 0 Å². The first-order valence-corrected chi connectivity index (χ1v) is 6.29. The molecule has 3 nitrogen and oxygen atoms in total. The van der Waals surface area contributed by atoms with Gasteiger partial charge >= 0.3 is 0 Å². The van der Waals surface area contributed by atoms with Crippen LogP contribution in [0, 0.1) is 6.92 Å². The van der Waals surface area contributed by atoms with Gasteiger partial charge in [-0.25, -0.2) is 0 Å². The third kappa shape index (κ3) is 2.73. The van der Waals surface area contributed by atoms with Gasteiger partial charge < -0.3 is 15.2 Å². The van der Waals surface area contributed by atoms with Crippen molar-refractivity contribution < 1.29 is 9.47 Å². The summed E-state index contributed by atoms with van der Waals surface area (Å²) in [5.74, 6) is 0.827. The van der Waals surface area contributed by atoms with E-state index in [2.05, 4.69) is 0 Å². The Bertz CT molecular complexity index is 397. The Morgan fingerprint density at radius 1 is 1.47 bits per heavy atom. The van der Waals surface area contributed by atoms with Crippen LogP contribution in [0.2, 0.25) is 5.02 Å². The van der Waals surface area contributed by atoms with Gasteiger partial charge in [0.15, 0.2) is 0 Å². The summed E-state index contributed by atoms with van der Waals surface area (Å²) in [6.07, 6.45) is 0.910. The molecule has 3 atom stereocenters. The molecule has 1 aliphatic rings. The lowest BCUT2D eigenvalue weighted by atomic mass is 9.86. The first kappa shape index (κ1) is 12.7. The Kier molecular flexibility index (Phi) is 3.92. The molecule has 0 heterocycles. The van der Waals surface area contributed by atoms with Crippen LogP contribution in [0.15, 0.2) is 18.2 Å². The summed E-state index contributed by atoms with van der Waals surface area (Å²) in [5, 5.41) is 0.754. The molecule has 0 amide bonds. The summed E-state index contributed by atoms with van der Waals surface area (Å²) >= 11 is 5.97. The van der Waals surface area contributed by atoms with Crippen LogP contribution in [-0.4, -0.2) is 24.9 Å². The zero-order valence-corrected chi connectivity index (χ0v) is 10.9. The maximum atomic E-state index is 5.97. The number of hydrogen-bond acceptors (Lipinski definition) is 3. The minimum absolute atomic E-state index is 0.0102. The van der Waals surface area contributed by atoms with Crippen molar-refractivity contribution in [1.82, 2.24) is 0 Å². The van der Waals surface area contributed by atoms with Gasteiger partial charge in [0.2, 0.25) is 0 Å². The van der Waals surface area contributed by atoms with E-state index in [1.54, 1.807) is 0 Å². The van der Waals surface area contributed by atoms with Gasteiger partial charge in [-0.1, -0.05) is 11.6 Å². The van der Waals surface area contributed by atoms with E-state index in [1.807, 2.05) is 32.0 Å². The van der Waals surface area contributed by atoms with Crippen molar-refractivity contribution in [2.45, 2.75) is 38.5 Å². The second-order valence-electron chi connectivity index (χ2n) is 4.39. The van der Waals surface area contributed by atoms with Gasteiger partial charge in [-0.05, 0) is 37.6 Å². The van der Waals surface area contributed by atoms with Gasteiger partial charge in [-0.3, -0.25) is 0 Å². The molecule has 0 aromatic heterocycles. The van der Waals surface area contributed by atoms with E-state index in [4.69, 9.17) is 26.8 Å². The molecule has 1 aromatic rings. The third-order valence-corrected chi connectivity index (χ3v) is 3.49. The van der Waals surface area contributed by atoms with Crippen molar-refractivity contribution in [3.63, 3.8) is 0 Å². The molecule has 0 radical (unpaired) electrons. The number of rotatable bonds is 4. The standard InChI is InChI=1S/C13H18ClNO2/c1-3-16-13-11(15)7-12(13)17-9-4-5-10(14)8(2)6-9/h4-6,11-13H,3,7,15H2,1-2H3. The number of nitrogens with two attached hydrogens (primary N) is 1. The summed E-state index contributed by atoms with van der Waals surface area (Å²) in [6, 6.07) is 5.76. The maximum Gasteiger partial charge on any atom is 0.128 e. The lowest BCUT2D eigenvalue weighted by Crippen LogP contribution is -2.59. The molecule has 0 spiro atoms. The molecule has 2 rings (SSSR count). The summed E-state index contributed by atoms with van der Waals surface area (Å²) < 4.78 is 11.4. The van der Waals surface area contributed by atoms with Crippen molar-refractivity contribution in [2.24, 2.45) is 5.73 Å². The van der Waals surface area contributed by atoms with E-state index >= 15 is 0 Å². The molecule has 4 heteroatoms. The fraction of sp³-hybridized carbons (Fsp3) is 0.538. The second kappa shape index (κ2) is 5.25. The van der Waals surface area contributed by atoms with Gasteiger partial charge in [-0.2, -0.15) is 0 Å². The Labute approximate surface area is 107 Å². The van der Waals surface area contributed by atoms with Crippen molar-refractivity contribution in [3.8, 4) is 5.75 Å². The van der Waals surface area contributed by atoms with Crippen LogP contribution in [0.4, 0.5) is 0 Å². The number of halogens is 1. The monoisotopic (exact) mass is 255 g/mol. The molecule has 94 valence electrons. The van der Waals surface area contributed by atoms with E-state index in [-0.39, 0.29) is 18.2 Å². The fourth-order valence-electron chi connectivity index (χ4n) is 2.02. The van der Waals surface area contributed by atoms with Crippen LogP contribution in [0.1, 0.15) is 18.9 Å². The molecule has 2 N–H and O–H groups in total. The van der Waals surface area contributed by atoms with Gasteiger partial charge in [0.1, 0.15) is 18.0 Å². The SMILES string of the molecule is CCOC1C(N)CC1Oc1ccc(Cl)c(C)c1. The van der Waals surface area contributed by atoms with Crippen molar-refractivity contribution in [3.05, 3.63) is 28.8 Å². The zero-order valence-electron chi connectivity index (χ0n) is 10.2. The van der Waals surface area contributed by atoms with E-state index in [0.717, 1.165) is 22.8 Å². The molecule has 1 aliphatic carbocycles. The number of aryl methyl sites for hydroxylation is 1. The van der Waals surface area contributed by atoms with Crippen LogP contribution in [0.5, 0.6) is 5.75 Å². The molecule has 0 bridgehead atoms. The Morgan fingerprint density at radius 2 is 2.24 bits per heavy atom. The van der Waals surface area contributed by atoms with Crippen molar-refractivity contribution in [1.29, 1.82) is 0 Å². The van der Waals surface area contributed by atoms with Gasteiger partial charge in [0.25, 0.3) is 0 Å². The summed E-state index contributed by atoms with van der Waals surface area (Å²) in [7, 11) is 0. The molecular formula is C13H18ClNO2. The number of hydrogen-bond donors (Lipinski definition) is 1. The molecule has 0 saturated heterocycles. The smallest absolute Gasteiger partial charge is 0.128 e. The van der Waals surface area contributed by atoms with E-state index in [1.165, 1.54) is 0 Å². The second-order valence-corrected chi connectivity index (χ2v) is 4.79. The van der Waals surface area contributed by atoms with Gasteiger partial charge in [0, 0.05) is 24.1 Å². The topological polar surface area (TPSA) is 44.5 Å². The van der Waals surface area contributed by atoms with Gasteiger partial charge in [0.05, 0.1) is 0 Å². The number of ether oxygens (including phenoxy) is 2.